The lowest BCUT2D eigenvalue weighted by Gasteiger charge is -2.33. The minimum Gasteiger partial charge on any atom is -0.363 e. The van der Waals surface area contributed by atoms with Crippen molar-refractivity contribution in [2.45, 2.75) is 38.5 Å². The van der Waals surface area contributed by atoms with E-state index >= 15 is 0 Å². The number of hydrogen-bond acceptors (Lipinski definition) is 3. The number of anilines is 1. The van der Waals surface area contributed by atoms with Gasteiger partial charge in [0.05, 0.1) is 6.04 Å². The van der Waals surface area contributed by atoms with Crippen molar-refractivity contribution >= 4 is 27.7 Å². The minimum atomic E-state index is -4.47. The third-order valence-corrected chi connectivity index (χ3v) is 4.89. The van der Waals surface area contributed by atoms with E-state index in [0.717, 1.165) is 14.7 Å². The highest BCUT2D eigenvalue weighted by atomic mass is 79.9. The van der Waals surface area contributed by atoms with Gasteiger partial charge in [-0.3, -0.25) is 4.79 Å². The van der Waals surface area contributed by atoms with Gasteiger partial charge >= 0.3 is 6.18 Å². The molecule has 1 aliphatic heterocycles. The van der Waals surface area contributed by atoms with Crippen molar-refractivity contribution < 1.29 is 18.0 Å². The Morgan fingerprint density at radius 1 is 1.37 bits per heavy atom. The first-order chi connectivity index (χ1) is 12.6. The summed E-state index contributed by atoms with van der Waals surface area (Å²) < 4.78 is 42.6. The molecule has 0 saturated heterocycles. The van der Waals surface area contributed by atoms with Gasteiger partial charge < -0.3 is 10.6 Å². The molecule has 3 rings (SSSR count). The molecule has 0 aliphatic carbocycles. The van der Waals surface area contributed by atoms with E-state index < -0.39 is 24.2 Å². The summed E-state index contributed by atoms with van der Waals surface area (Å²) in [6.07, 6.45) is -4.67. The van der Waals surface area contributed by atoms with Crippen molar-refractivity contribution in [2.24, 2.45) is 5.92 Å². The van der Waals surface area contributed by atoms with Crippen LogP contribution in [0.15, 0.2) is 34.8 Å². The topological polar surface area (TPSA) is 59.0 Å². The molecule has 2 atom stereocenters. The Hall–Kier alpha value is -2.03. The summed E-state index contributed by atoms with van der Waals surface area (Å²) in [6.45, 7) is 4.30. The molecule has 2 unspecified atom stereocenters. The second-order valence-corrected chi connectivity index (χ2v) is 7.92. The molecule has 0 bridgehead atoms. The van der Waals surface area contributed by atoms with Crippen LogP contribution in [0.3, 0.4) is 0 Å². The lowest BCUT2D eigenvalue weighted by molar-refractivity contribution is -0.173. The van der Waals surface area contributed by atoms with Gasteiger partial charge in [0.15, 0.2) is 11.7 Å². The Labute approximate surface area is 163 Å². The lowest BCUT2D eigenvalue weighted by atomic mass is 9.97. The Bertz CT molecular complexity index is 817. The van der Waals surface area contributed by atoms with Crippen molar-refractivity contribution in [3.63, 3.8) is 0 Å². The zero-order valence-corrected chi connectivity index (χ0v) is 16.4. The van der Waals surface area contributed by atoms with Crippen LogP contribution >= 0.6 is 15.9 Å². The molecule has 0 spiro atoms. The van der Waals surface area contributed by atoms with Gasteiger partial charge in [-0.2, -0.15) is 18.3 Å². The molecule has 2 N–H and O–H groups in total. The van der Waals surface area contributed by atoms with Crippen LogP contribution in [0.4, 0.5) is 19.0 Å². The zero-order chi connectivity index (χ0) is 19.8. The number of rotatable bonds is 4. The van der Waals surface area contributed by atoms with E-state index in [1.54, 1.807) is 24.3 Å². The van der Waals surface area contributed by atoms with Crippen LogP contribution in [-0.4, -0.2) is 28.4 Å². The number of alkyl halides is 3. The molecule has 2 aromatic rings. The van der Waals surface area contributed by atoms with Gasteiger partial charge in [-0.05, 0) is 23.6 Å². The second-order valence-electron chi connectivity index (χ2n) is 7.00. The van der Waals surface area contributed by atoms with Gasteiger partial charge in [-0.25, -0.2) is 4.68 Å². The molecular formula is C18H20BrF3N4O. The van der Waals surface area contributed by atoms with Crippen LogP contribution in [-0.2, 0) is 0 Å². The molecule has 5 nitrogen and oxygen atoms in total. The van der Waals surface area contributed by atoms with E-state index in [1.807, 2.05) is 13.8 Å². The van der Waals surface area contributed by atoms with Crippen molar-refractivity contribution in [2.75, 3.05) is 11.9 Å². The first kappa shape index (κ1) is 19.7. The molecule has 0 fully saturated rings. The third-order valence-electron chi connectivity index (χ3n) is 4.37. The Morgan fingerprint density at radius 2 is 2.04 bits per heavy atom. The smallest absolute Gasteiger partial charge is 0.363 e. The maximum atomic E-state index is 13.6. The average Bonchev–Trinajstić information content (AvgIpc) is 3.02. The SMILES string of the molecule is CC(C)CNC(=O)c1cc2n(n1)C(C(F)(F)F)CC(c1ccc(Br)cc1)N2. The van der Waals surface area contributed by atoms with Gasteiger partial charge in [-0.1, -0.05) is 41.9 Å². The molecule has 1 aromatic carbocycles. The number of aromatic nitrogens is 2. The minimum absolute atomic E-state index is 0.0242. The van der Waals surface area contributed by atoms with Crippen LogP contribution in [0.5, 0.6) is 0 Å². The third kappa shape index (κ3) is 4.45. The molecule has 0 saturated carbocycles. The number of nitrogens with one attached hydrogen (secondary N) is 2. The highest BCUT2D eigenvalue weighted by Gasteiger charge is 2.46. The Balaban J connectivity index is 1.91. The van der Waals surface area contributed by atoms with Crippen molar-refractivity contribution in [3.8, 4) is 0 Å². The number of carbonyl (C=O) groups excluding carboxylic acids is 1. The molecule has 27 heavy (non-hydrogen) atoms. The normalized spacial score (nSPS) is 19.5. The average molecular weight is 445 g/mol. The van der Waals surface area contributed by atoms with Crippen LogP contribution in [0.1, 0.15) is 48.4 Å². The number of carbonyl (C=O) groups is 1. The van der Waals surface area contributed by atoms with E-state index in [0.29, 0.717) is 6.54 Å². The highest BCUT2D eigenvalue weighted by molar-refractivity contribution is 9.10. The van der Waals surface area contributed by atoms with Crippen molar-refractivity contribution in [1.82, 2.24) is 15.1 Å². The van der Waals surface area contributed by atoms with Gasteiger partial charge in [0.1, 0.15) is 5.82 Å². The fourth-order valence-electron chi connectivity index (χ4n) is 2.99. The van der Waals surface area contributed by atoms with E-state index in [2.05, 4.69) is 31.7 Å². The summed E-state index contributed by atoms with van der Waals surface area (Å²) >= 11 is 3.32. The number of benzene rings is 1. The number of fused-ring (bicyclic) bond motifs is 1. The molecule has 0 radical (unpaired) electrons. The molecule has 1 amide bonds. The standard InChI is InChI=1S/C18H20BrF3N4O/c1-10(2)9-23-17(27)14-8-16-24-13(11-3-5-12(19)6-4-11)7-15(18(20,21)22)26(16)25-14/h3-6,8,10,13,15,24H,7,9H2,1-2H3,(H,23,27). The summed E-state index contributed by atoms with van der Waals surface area (Å²) in [7, 11) is 0. The van der Waals surface area contributed by atoms with Crippen molar-refractivity contribution in [1.29, 1.82) is 0 Å². The summed E-state index contributed by atoms with van der Waals surface area (Å²) in [6, 6.07) is 6.18. The number of nitrogens with zero attached hydrogens (tertiary/aromatic N) is 2. The first-order valence-electron chi connectivity index (χ1n) is 8.61. The van der Waals surface area contributed by atoms with E-state index in [9.17, 15) is 18.0 Å². The van der Waals surface area contributed by atoms with Gasteiger partial charge in [0, 0.05) is 23.5 Å². The molecule has 146 valence electrons. The van der Waals surface area contributed by atoms with E-state index in [-0.39, 0.29) is 23.9 Å². The largest absolute Gasteiger partial charge is 0.410 e. The molecular weight excluding hydrogens is 425 g/mol. The highest BCUT2D eigenvalue weighted by Crippen LogP contribution is 2.43. The number of amides is 1. The van der Waals surface area contributed by atoms with Gasteiger partial charge in [-0.15, -0.1) is 0 Å². The lowest BCUT2D eigenvalue weighted by Crippen LogP contribution is -2.36. The predicted molar refractivity (Wildman–Crippen MR) is 99.6 cm³/mol. The van der Waals surface area contributed by atoms with Gasteiger partial charge in [0.25, 0.3) is 5.91 Å². The maximum absolute atomic E-state index is 13.6. The molecule has 9 heteroatoms. The first-order valence-corrected chi connectivity index (χ1v) is 9.41. The van der Waals surface area contributed by atoms with Crippen LogP contribution in [0.25, 0.3) is 0 Å². The van der Waals surface area contributed by atoms with E-state index in [4.69, 9.17) is 0 Å². The number of halogens is 4. The summed E-state index contributed by atoms with van der Waals surface area (Å²) in [5.74, 6) is -0.0614. The zero-order valence-electron chi connectivity index (χ0n) is 14.8. The van der Waals surface area contributed by atoms with Crippen LogP contribution in [0, 0.1) is 5.92 Å². The number of hydrogen-bond donors (Lipinski definition) is 2. The fourth-order valence-corrected chi connectivity index (χ4v) is 3.25. The summed E-state index contributed by atoms with van der Waals surface area (Å²) in [4.78, 5) is 12.2. The molecule has 2 heterocycles. The van der Waals surface area contributed by atoms with Crippen molar-refractivity contribution in [3.05, 3.63) is 46.1 Å². The summed E-state index contributed by atoms with van der Waals surface area (Å²) in [5, 5.41) is 9.69. The molecule has 1 aromatic heterocycles. The molecule has 1 aliphatic rings. The monoisotopic (exact) mass is 444 g/mol. The quantitative estimate of drug-likeness (QED) is 0.718. The Morgan fingerprint density at radius 3 is 2.63 bits per heavy atom. The summed E-state index contributed by atoms with van der Waals surface area (Å²) in [5.41, 5.74) is 0.717. The maximum Gasteiger partial charge on any atom is 0.410 e. The van der Waals surface area contributed by atoms with E-state index in [1.165, 1.54) is 6.07 Å². The van der Waals surface area contributed by atoms with Crippen LogP contribution in [0.2, 0.25) is 0 Å². The second kappa shape index (κ2) is 7.53. The fraction of sp³-hybridized carbons (Fsp3) is 0.444. The Kier molecular flexibility index (Phi) is 5.50. The van der Waals surface area contributed by atoms with Gasteiger partial charge in [0.2, 0.25) is 0 Å². The predicted octanol–water partition coefficient (Wildman–Crippen LogP) is 4.69. The van der Waals surface area contributed by atoms with Crippen LogP contribution < -0.4 is 10.6 Å².